The summed E-state index contributed by atoms with van der Waals surface area (Å²) in [6, 6.07) is 5.63. The van der Waals surface area contributed by atoms with Gasteiger partial charge in [-0.1, -0.05) is 15.9 Å². The van der Waals surface area contributed by atoms with Crippen molar-refractivity contribution in [3.63, 3.8) is 0 Å². The van der Waals surface area contributed by atoms with E-state index in [1.165, 1.54) is 0 Å². The molecule has 0 aliphatic carbocycles. The van der Waals surface area contributed by atoms with E-state index >= 15 is 0 Å². The number of hydrazine groups is 1. The smallest absolute Gasteiger partial charge is 0.225 e. The van der Waals surface area contributed by atoms with Crippen LogP contribution in [0.25, 0.3) is 10.9 Å². The highest BCUT2D eigenvalue weighted by Crippen LogP contribution is 2.28. The SMILES string of the molecule is Nc1cnc2cc(Br)ccc2c1NNC=O. The highest BCUT2D eigenvalue weighted by molar-refractivity contribution is 9.10. The Morgan fingerprint density at radius 2 is 2.25 bits per heavy atom. The number of anilines is 2. The maximum Gasteiger partial charge on any atom is 0.225 e. The maximum absolute atomic E-state index is 10.2. The Labute approximate surface area is 100 Å². The van der Waals surface area contributed by atoms with E-state index in [-0.39, 0.29) is 0 Å². The van der Waals surface area contributed by atoms with E-state index in [1.54, 1.807) is 6.20 Å². The summed E-state index contributed by atoms with van der Waals surface area (Å²) < 4.78 is 0.937. The number of nitrogens with one attached hydrogen (secondary N) is 2. The molecule has 1 aromatic heterocycles. The average molecular weight is 281 g/mol. The van der Waals surface area contributed by atoms with Crippen molar-refractivity contribution in [1.82, 2.24) is 10.4 Å². The molecule has 0 radical (unpaired) electrons. The van der Waals surface area contributed by atoms with Gasteiger partial charge in [0.15, 0.2) is 0 Å². The van der Waals surface area contributed by atoms with Crippen LogP contribution >= 0.6 is 15.9 Å². The number of hydrogen-bond acceptors (Lipinski definition) is 4. The summed E-state index contributed by atoms with van der Waals surface area (Å²) in [7, 11) is 0. The molecule has 0 saturated carbocycles. The Kier molecular flexibility index (Phi) is 2.91. The summed E-state index contributed by atoms with van der Waals surface area (Å²) in [5.74, 6) is 0. The predicted octanol–water partition coefficient (Wildman–Crippen LogP) is 1.65. The van der Waals surface area contributed by atoms with Crippen LogP contribution < -0.4 is 16.6 Å². The number of fused-ring (bicyclic) bond motifs is 1. The summed E-state index contributed by atoms with van der Waals surface area (Å²) in [5.41, 5.74) is 12.8. The summed E-state index contributed by atoms with van der Waals surface area (Å²) in [4.78, 5) is 14.4. The van der Waals surface area contributed by atoms with Gasteiger partial charge in [0.05, 0.1) is 23.1 Å². The first-order valence-electron chi connectivity index (χ1n) is 4.51. The molecular formula is C10H9BrN4O. The number of amides is 1. The molecule has 0 atom stereocenters. The van der Waals surface area contributed by atoms with Crippen molar-refractivity contribution in [2.45, 2.75) is 0 Å². The topological polar surface area (TPSA) is 80.0 Å². The lowest BCUT2D eigenvalue weighted by molar-refractivity contribution is -0.109. The van der Waals surface area contributed by atoms with Gasteiger partial charge in [-0.25, -0.2) is 0 Å². The van der Waals surface area contributed by atoms with Crippen LogP contribution in [-0.4, -0.2) is 11.4 Å². The van der Waals surface area contributed by atoms with Crippen LogP contribution in [0.3, 0.4) is 0 Å². The fraction of sp³-hybridized carbons (Fsp3) is 0. The van der Waals surface area contributed by atoms with E-state index in [1.807, 2.05) is 18.2 Å². The molecule has 1 aromatic carbocycles. The van der Waals surface area contributed by atoms with Gasteiger partial charge < -0.3 is 5.73 Å². The van der Waals surface area contributed by atoms with Crippen molar-refractivity contribution in [3.8, 4) is 0 Å². The first kappa shape index (κ1) is 10.7. The lowest BCUT2D eigenvalue weighted by Gasteiger charge is -2.10. The summed E-state index contributed by atoms with van der Waals surface area (Å²) in [6.45, 7) is 0. The molecule has 1 amide bonds. The van der Waals surface area contributed by atoms with E-state index in [0.29, 0.717) is 17.8 Å². The van der Waals surface area contributed by atoms with Gasteiger partial charge in [-0.2, -0.15) is 0 Å². The molecule has 5 nitrogen and oxygen atoms in total. The van der Waals surface area contributed by atoms with Gasteiger partial charge >= 0.3 is 0 Å². The third-order valence-electron chi connectivity index (χ3n) is 2.12. The lowest BCUT2D eigenvalue weighted by atomic mass is 10.2. The number of nitrogens with two attached hydrogens (primary N) is 1. The Morgan fingerprint density at radius 3 is 3.00 bits per heavy atom. The number of aromatic nitrogens is 1. The second kappa shape index (κ2) is 4.36. The largest absolute Gasteiger partial charge is 0.396 e. The maximum atomic E-state index is 10.2. The Morgan fingerprint density at radius 1 is 1.44 bits per heavy atom. The van der Waals surface area contributed by atoms with Gasteiger partial charge in [0.1, 0.15) is 0 Å². The molecule has 1 heterocycles. The number of pyridine rings is 1. The normalized spacial score (nSPS) is 10.1. The molecule has 2 aromatic rings. The van der Waals surface area contributed by atoms with Gasteiger partial charge in [0.2, 0.25) is 6.41 Å². The third kappa shape index (κ3) is 1.92. The van der Waals surface area contributed by atoms with Crippen molar-refractivity contribution < 1.29 is 4.79 Å². The molecule has 2 rings (SSSR count). The number of carbonyl (C=O) groups is 1. The monoisotopic (exact) mass is 280 g/mol. The zero-order valence-corrected chi connectivity index (χ0v) is 9.78. The molecular weight excluding hydrogens is 272 g/mol. The van der Waals surface area contributed by atoms with Gasteiger partial charge in [-0.15, -0.1) is 0 Å². The predicted molar refractivity (Wildman–Crippen MR) is 66.7 cm³/mol. The van der Waals surface area contributed by atoms with Gasteiger partial charge in [-0.3, -0.25) is 20.6 Å². The zero-order valence-electron chi connectivity index (χ0n) is 8.20. The van der Waals surface area contributed by atoms with Crippen LogP contribution in [0.2, 0.25) is 0 Å². The molecule has 0 bridgehead atoms. The van der Waals surface area contributed by atoms with E-state index in [9.17, 15) is 4.79 Å². The number of nitrogen functional groups attached to an aromatic ring is 1. The van der Waals surface area contributed by atoms with Crippen LogP contribution in [0, 0.1) is 0 Å². The minimum absolute atomic E-state index is 0.476. The molecule has 0 unspecified atom stereocenters. The Balaban J connectivity index is 2.59. The van der Waals surface area contributed by atoms with E-state index < -0.39 is 0 Å². The number of hydrogen-bond donors (Lipinski definition) is 3. The van der Waals surface area contributed by atoms with Crippen molar-refractivity contribution in [1.29, 1.82) is 0 Å². The fourth-order valence-electron chi connectivity index (χ4n) is 1.42. The molecule has 0 aliphatic heterocycles. The number of benzene rings is 1. The highest BCUT2D eigenvalue weighted by Gasteiger charge is 2.06. The van der Waals surface area contributed by atoms with Gasteiger partial charge in [0.25, 0.3) is 0 Å². The van der Waals surface area contributed by atoms with E-state index in [4.69, 9.17) is 5.73 Å². The second-order valence-electron chi connectivity index (χ2n) is 3.14. The molecule has 0 saturated heterocycles. The minimum Gasteiger partial charge on any atom is -0.396 e. The van der Waals surface area contributed by atoms with Crippen LogP contribution in [0.1, 0.15) is 0 Å². The van der Waals surface area contributed by atoms with Crippen LogP contribution in [0.4, 0.5) is 11.4 Å². The number of carbonyl (C=O) groups excluding carboxylic acids is 1. The zero-order chi connectivity index (χ0) is 11.5. The van der Waals surface area contributed by atoms with Crippen LogP contribution in [0.15, 0.2) is 28.9 Å². The van der Waals surface area contributed by atoms with Crippen molar-refractivity contribution >= 4 is 44.6 Å². The third-order valence-corrected chi connectivity index (χ3v) is 2.61. The van der Waals surface area contributed by atoms with Crippen LogP contribution in [-0.2, 0) is 4.79 Å². The summed E-state index contributed by atoms with van der Waals surface area (Å²) in [6.07, 6.45) is 2.09. The van der Waals surface area contributed by atoms with E-state index in [2.05, 4.69) is 31.8 Å². The van der Waals surface area contributed by atoms with Crippen molar-refractivity contribution in [3.05, 3.63) is 28.9 Å². The number of nitrogens with zero attached hydrogens (tertiary/aromatic N) is 1. The van der Waals surface area contributed by atoms with Gasteiger partial charge in [0, 0.05) is 9.86 Å². The molecule has 0 aliphatic rings. The first-order chi connectivity index (χ1) is 7.72. The molecule has 4 N–H and O–H groups in total. The summed E-state index contributed by atoms with van der Waals surface area (Å²) in [5, 5.41) is 0.845. The van der Waals surface area contributed by atoms with Crippen molar-refractivity contribution in [2.75, 3.05) is 11.2 Å². The second-order valence-corrected chi connectivity index (χ2v) is 4.05. The molecule has 82 valence electrons. The van der Waals surface area contributed by atoms with Crippen LogP contribution in [0.5, 0.6) is 0 Å². The van der Waals surface area contributed by atoms with E-state index in [0.717, 1.165) is 15.4 Å². The first-order valence-corrected chi connectivity index (χ1v) is 5.30. The number of halogens is 1. The Hall–Kier alpha value is -1.82. The van der Waals surface area contributed by atoms with Crippen molar-refractivity contribution in [2.24, 2.45) is 0 Å². The Bertz CT molecular complexity index is 544. The highest BCUT2D eigenvalue weighted by atomic mass is 79.9. The number of rotatable bonds is 3. The molecule has 6 heteroatoms. The minimum atomic E-state index is 0.476. The standard InChI is InChI=1S/C10H9BrN4O/c11-6-1-2-7-9(3-6)13-4-8(12)10(7)15-14-5-16/h1-5H,12H2,(H,13,15)(H,14,16). The quantitative estimate of drug-likeness (QED) is 0.590. The summed E-state index contributed by atoms with van der Waals surface area (Å²) >= 11 is 3.36. The molecule has 16 heavy (non-hydrogen) atoms. The molecule has 0 fully saturated rings. The van der Waals surface area contributed by atoms with Gasteiger partial charge in [-0.05, 0) is 18.2 Å². The fourth-order valence-corrected chi connectivity index (χ4v) is 1.77. The molecule has 0 spiro atoms. The lowest BCUT2D eigenvalue weighted by Crippen LogP contribution is -2.20. The average Bonchev–Trinajstić information content (AvgIpc) is 2.28.